The topological polar surface area (TPSA) is 111 Å². The van der Waals surface area contributed by atoms with Crippen LogP contribution >= 0.6 is 0 Å². The van der Waals surface area contributed by atoms with E-state index in [1.165, 1.54) is 4.57 Å². The second-order valence-electron chi connectivity index (χ2n) is 10.5. The lowest BCUT2D eigenvalue weighted by molar-refractivity contribution is -0.119. The molecule has 0 bridgehead atoms. The highest BCUT2D eigenvalue weighted by Crippen LogP contribution is 2.30. The van der Waals surface area contributed by atoms with Crippen LogP contribution in [0.5, 0.6) is 0 Å². The van der Waals surface area contributed by atoms with E-state index in [-0.39, 0.29) is 17.3 Å². The fraction of sp³-hybridized carbons (Fsp3) is 0.357. The Hall–Kier alpha value is -3.96. The van der Waals surface area contributed by atoms with Crippen LogP contribution in [0.25, 0.3) is 28.2 Å². The molecule has 3 heterocycles. The van der Waals surface area contributed by atoms with Gasteiger partial charge in [-0.05, 0) is 29.7 Å². The van der Waals surface area contributed by atoms with E-state index in [1.807, 2.05) is 43.9 Å². The first-order valence-electron chi connectivity index (χ1n) is 12.8. The molecule has 5 rings (SSSR count). The Kier molecular flexibility index (Phi) is 7.28. The highest BCUT2D eigenvalue weighted by Gasteiger charge is 2.28. The average molecular weight is 536 g/mol. The Morgan fingerprint density at radius 1 is 1.03 bits per heavy atom. The Labute approximate surface area is 225 Å². The summed E-state index contributed by atoms with van der Waals surface area (Å²) in [5.74, 6) is 0.00608. The van der Waals surface area contributed by atoms with Crippen LogP contribution in [-0.2, 0) is 9.53 Å². The maximum Gasteiger partial charge on any atom is 0.296 e. The molecular weight excluding hydrogens is 504 g/mol. The summed E-state index contributed by atoms with van der Waals surface area (Å²) in [6.45, 7) is 8.01. The summed E-state index contributed by atoms with van der Waals surface area (Å²) < 4.78 is 35.0. The van der Waals surface area contributed by atoms with E-state index in [9.17, 15) is 13.6 Å². The van der Waals surface area contributed by atoms with E-state index in [0.29, 0.717) is 54.5 Å². The van der Waals surface area contributed by atoms with Gasteiger partial charge in [-0.1, -0.05) is 45.0 Å². The van der Waals surface area contributed by atoms with Crippen molar-refractivity contribution in [2.24, 2.45) is 11.1 Å². The van der Waals surface area contributed by atoms with Crippen molar-refractivity contribution in [1.82, 2.24) is 19.5 Å². The quantitative estimate of drug-likeness (QED) is 0.372. The Morgan fingerprint density at radius 2 is 1.72 bits per heavy atom. The molecule has 1 aliphatic heterocycles. The number of morpholine rings is 1. The number of fused-ring (bicyclic) bond motifs is 1. The molecule has 2 aromatic carbocycles. The molecule has 1 fully saturated rings. The molecule has 204 valence electrons. The fourth-order valence-corrected chi connectivity index (χ4v) is 4.36. The van der Waals surface area contributed by atoms with Crippen LogP contribution < -0.4 is 16.0 Å². The van der Waals surface area contributed by atoms with Gasteiger partial charge in [0.15, 0.2) is 5.82 Å². The minimum absolute atomic E-state index is 0.103. The van der Waals surface area contributed by atoms with Crippen molar-refractivity contribution < 1.29 is 18.3 Å². The zero-order chi connectivity index (χ0) is 27.7. The van der Waals surface area contributed by atoms with Crippen molar-refractivity contribution in [2.45, 2.75) is 33.2 Å². The molecule has 3 N–H and O–H groups in total. The molecule has 1 saturated heterocycles. The number of alkyl halides is 2. The predicted octanol–water partition coefficient (Wildman–Crippen LogP) is 4.57. The number of imidazole rings is 1. The third kappa shape index (κ3) is 5.59. The van der Waals surface area contributed by atoms with E-state index in [4.69, 9.17) is 20.4 Å². The third-order valence-corrected chi connectivity index (χ3v) is 6.68. The highest BCUT2D eigenvalue weighted by atomic mass is 19.3. The molecule has 0 spiro atoms. The van der Waals surface area contributed by atoms with Crippen LogP contribution in [0.4, 0.5) is 20.3 Å². The van der Waals surface area contributed by atoms with Crippen molar-refractivity contribution in [1.29, 1.82) is 0 Å². The number of anilines is 2. The molecule has 1 atom stereocenters. The number of hydrogen-bond acceptors (Lipinski definition) is 7. The van der Waals surface area contributed by atoms with Crippen LogP contribution in [0.2, 0.25) is 0 Å². The molecule has 1 unspecified atom stereocenters. The van der Waals surface area contributed by atoms with Gasteiger partial charge in [0, 0.05) is 30.4 Å². The van der Waals surface area contributed by atoms with Crippen molar-refractivity contribution in [3.63, 3.8) is 0 Å². The molecule has 4 aromatic rings. The minimum atomic E-state index is -2.82. The van der Waals surface area contributed by atoms with Gasteiger partial charge in [-0.2, -0.15) is 4.98 Å². The number of carbonyl (C=O) groups excluding carboxylic acids is 1. The van der Waals surface area contributed by atoms with Gasteiger partial charge in [-0.15, -0.1) is 0 Å². The second kappa shape index (κ2) is 10.7. The maximum absolute atomic E-state index is 14.1. The lowest BCUT2D eigenvalue weighted by Gasteiger charge is -2.28. The van der Waals surface area contributed by atoms with Crippen molar-refractivity contribution in [2.75, 3.05) is 36.5 Å². The lowest BCUT2D eigenvalue weighted by Crippen LogP contribution is -2.45. The molecule has 9 nitrogen and oxygen atoms in total. The van der Waals surface area contributed by atoms with E-state index in [1.54, 1.807) is 36.4 Å². The number of aromatic nitrogens is 4. The molecule has 1 amide bonds. The number of para-hydroxylation sites is 2. The number of ether oxygens (including phenoxy) is 1. The van der Waals surface area contributed by atoms with Crippen molar-refractivity contribution in [3.05, 3.63) is 60.4 Å². The monoisotopic (exact) mass is 535 g/mol. The Morgan fingerprint density at radius 3 is 2.38 bits per heavy atom. The maximum atomic E-state index is 14.1. The molecule has 0 aliphatic carbocycles. The summed E-state index contributed by atoms with van der Waals surface area (Å²) in [5, 5.41) is 2.85. The van der Waals surface area contributed by atoms with Gasteiger partial charge in [-0.25, -0.2) is 18.7 Å². The van der Waals surface area contributed by atoms with Gasteiger partial charge in [0.25, 0.3) is 6.43 Å². The lowest BCUT2D eigenvalue weighted by atomic mass is 9.87. The number of carbonyl (C=O) groups is 1. The summed E-state index contributed by atoms with van der Waals surface area (Å²) >= 11 is 0. The van der Waals surface area contributed by atoms with Crippen molar-refractivity contribution in [3.8, 4) is 17.2 Å². The molecule has 1 aliphatic rings. The number of nitrogens with one attached hydrogen (secondary N) is 1. The first-order valence-corrected chi connectivity index (χ1v) is 12.8. The van der Waals surface area contributed by atoms with E-state index < -0.39 is 18.3 Å². The van der Waals surface area contributed by atoms with Crippen LogP contribution in [0.3, 0.4) is 0 Å². The number of benzene rings is 2. The van der Waals surface area contributed by atoms with E-state index in [0.717, 1.165) is 5.56 Å². The summed E-state index contributed by atoms with van der Waals surface area (Å²) in [5.41, 5.74) is 8.49. The molecule has 2 aromatic heterocycles. The molecule has 0 radical (unpaired) electrons. The van der Waals surface area contributed by atoms with Gasteiger partial charge in [0.1, 0.15) is 5.82 Å². The SMILES string of the molecule is CC(C)(C)C(N)C(=O)Nc1ccc(-c2cc(N3CCOCC3)nc(-n3c(C(F)F)nc4ccccc43)n2)cc1. The number of amides is 1. The number of hydrogen-bond donors (Lipinski definition) is 2. The van der Waals surface area contributed by atoms with Gasteiger partial charge in [0.05, 0.1) is 36.0 Å². The minimum Gasteiger partial charge on any atom is -0.378 e. The molecular formula is C28H31F2N7O2. The fourth-order valence-electron chi connectivity index (χ4n) is 4.36. The second-order valence-corrected chi connectivity index (χ2v) is 10.5. The van der Waals surface area contributed by atoms with Gasteiger partial charge in [-0.3, -0.25) is 9.36 Å². The number of nitrogens with two attached hydrogens (primary N) is 1. The first-order chi connectivity index (χ1) is 18.6. The first kappa shape index (κ1) is 26.6. The molecule has 39 heavy (non-hydrogen) atoms. The summed E-state index contributed by atoms with van der Waals surface area (Å²) in [4.78, 5) is 28.2. The Balaban J connectivity index is 1.56. The van der Waals surface area contributed by atoms with Crippen molar-refractivity contribution >= 4 is 28.4 Å². The van der Waals surface area contributed by atoms with Crippen LogP contribution in [-0.4, -0.2) is 57.8 Å². The highest BCUT2D eigenvalue weighted by molar-refractivity contribution is 5.95. The zero-order valence-corrected chi connectivity index (χ0v) is 22.1. The van der Waals surface area contributed by atoms with Crippen LogP contribution in [0, 0.1) is 5.41 Å². The summed E-state index contributed by atoms with van der Waals surface area (Å²) in [6, 6.07) is 15.2. The third-order valence-electron chi connectivity index (χ3n) is 6.68. The van der Waals surface area contributed by atoms with Crippen LogP contribution in [0.1, 0.15) is 33.0 Å². The van der Waals surface area contributed by atoms with E-state index >= 15 is 0 Å². The van der Waals surface area contributed by atoms with Gasteiger partial charge < -0.3 is 20.7 Å². The Bertz CT molecular complexity index is 1480. The molecule has 0 saturated carbocycles. The number of rotatable bonds is 6. The normalized spacial score (nSPS) is 15.1. The van der Waals surface area contributed by atoms with Gasteiger partial charge >= 0.3 is 0 Å². The smallest absolute Gasteiger partial charge is 0.296 e. The number of halogens is 2. The van der Waals surface area contributed by atoms with E-state index in [2.05, 4.69) is 10.3 Å². The average Bonchev–Trinajstić information content (AvgIpc) is 3.33. The predicted molar refractivity (Wildman–Crippen MR) is 146 cm³/mol. The van der Waals surface area contributed by atoms with Crippen LogP contribution in [0.15, 0.2) is 54.6 Å². The molecule has 11 heteroatoms. The summed E-state index contributed by atoms with van der Waals surface area (Å²) in [7, 11) is 0. The zero-order valence-electron chi connectivity index (χ0n) is 22.1. The van der Waals surface area contributed by atoms with Gasteiger partial charge in [0.2, 0.25) is 11.9 Å². The largest absolute Gasteiger partial charge is 0.378 e. The number of nitrogens with zero attached hydrogens (tertiary/aromatic N) is 5. The summed E-state index contributed by atoms with van der Waals surface area (Å²) in [6.07, 6.45) is -2.82. The standard InChI is InChI=1S/C28H31F2N7O2/c1-28(2,3)23(31)26(38)32-18-10-8-17(9-11-18)20-16-22(36-12-14-39-15-13-36)35-27(34-20)37-21-7-5-4-6-19(21)33-25(37)24(29)30/h4-11,16,23-24H,12-15,31H2,1-3H3,(H,32,38).